The largest absolute Gasteiger partial charge is 0.416 e. The molecule has 0 aliphatic carbocycles. The van der Waals surface area contributed by atoms with Crippen molar-refractivity contribution in [3.8, 4) is 0 Å². The number of carbonyl (C=O) groups excluding carboxylic acids is 1. The van der Waals surface area contributed by atoms with Crippen molar-refractivity contribution in [1.29, 1.82) is 0 Å². The first-order valence-electron chi connectivity index (χ1n) is 8.48. The molecule has 4 nitrogen and oxygen atoms in total. The van der Waals surface area contributed by atoms with Gasteiger partial charge in [-0.05, 0) is 30.0 Å². The lowest BCUT2D eigenvalue weighted by Gasteiger charge is -2.42. The van der Waals surface area contributed by atoms with Crippen LogP contribution in [0.25, 0.3) is 0 Å². The van der Waals surface area contributed by atoms with E-state index >= 15 is 0 Å². The number of carbonyl (C=O) groups is 1. The topological polar surface area (TPSA) is 43.8 Å². The Morgan fingerprint density at radius 1 is 1.28 bits per heavy atom. The second-order valence-corrected chi connectivity index (χ2v) is 7.30. The van der Waals surface area contributed by atoms with Crippen molar-refractivity contribution in [1.82, 2.24) is 9.80 Å². The smallest absolute Gasteiger partial charge is 0.396 e. The minimum Gasteiger partial charge on any atom is -0.396 e. The van der Waals surface area contributed by atoms with E-state index in [4.69, 9.17) is 0 Å². The SMILES string of the molecule is CC(=O)N1CC[C@@]2(CO)CN(Cc3ccc(C(F)(F)F)cc3)C[C@H]2C1. The van der Waals surface area contributed by atoms with Crippen LogP contribution in [0.3, 0.4) is 0 Å². The van der Waals surface area contributed by atoms with E-state index in [1.807, 2.05) is 4.90 Å². The molecule has 25 heavy (non-hydrogen) atoms. The molecule has 138 valence electrons. The number of likely N-dealkylation sites (tertiary alicyclic amines) is 2. The number of aliphatic hydroxyl groups excluding tert-OH is 1. The van der Waals surface area contributed by atoms with Gasteiger partial charge in [0, 0.05) is 45.1 Å². The average Bonchev–Trinajstić information content (AvgIpc) is 2.91. The fourth-order valence-electron chi connectivity index (χ4n) is 4.12. The number of hydrogen-bond donors (Lipinski definition) is 1. The molecule has 1 aromatic carbocycles. The highest BCUT2D eigenvalue weighted by molar-refractivity contribution is 5.73. The number of alkyl halides is 3. The maximum absolute atomic E-state index is 12.7. The van der Waals surface area contributed by atoms with Crippen LogP contribution in [0, 0.1) is 11.3 Å². The molecule has 2 aliphatic rings. The minimum absolute atomic E-state index is 0.0488. The van der Waals surface area contributed by atoms with Gasteiger partial charge in [0.05, 0.1) is 12.2 Å². The van der Waals surface area contributed by atoms with Gasteiger partial charge in [0.25, 0.3) is 0 Å². The Hall–Kier alpha value is -1.60. The quantitative estimate of drug-likeness (QED) is 0.904. The van der Waals surface area contributed by atoms with E-state index in [2.05, 4.69) is 4.90 Å². The van der Waals surface area contributed by atoms with Gasteiger partial charge in [-0.2, -0.15) is 13.2 Å². The first kappa shape index (κ1) is 18.2. The third kappa shape index (κ3) is 3.67. The molecule has 2 fully saturated rings. The molecule has 0 unspecified atom stereocenters. The Morgan fingerprint density at radius 2 is 1.96 bits per heavy atom. The summed E-state index contributed by atoms with van der Waals surface area (Å²) in [6.45, 7) is 4.93. The number of amides is 1. The summed E-state index contributed by atoms with van der Waals surface area (Å²) in [6.07, 6.45) is -3.56. The second-order valence-electron chi connectivity index (χ2n) is 7.30. The van der Waals surface area contributed by atoms with E-state index in [-0.39, 0.29) is 23.8 Å². The van der Waals surface area contributed by atoms with Crippen LogP contribution in [0.15, 0.2) is 24.3 Å². The van der Waals surface area contributed by atoms with Crippen molar-refractivity contribution in [3.05, 3.63) is 35.4 Å². The summed E-state index contributed by atoms with van der Waals surface area (Å²) in [5.41, 5.74) is -0.0314. The van der Waals surface area contributed by atoms with Crippen LogP contribution in [0.2, 0.25) is 0 Å². The minimum atomic E-state index is -4.32. The molecule has 0 saturated carbocycles. The van der Waals surface area contributed by atoms with Gasteiger partial charge >= 0.3 is 6.18 Å². The van der Waals surface area contributed by atoms with Crippen LogP contribution in [-0.2, 0) is 17.5 Å². The number of fused-ring (bicyclic) bond motifs is 1. The lowest BCUT2D eigenvalue weighted by Crippen LogP contribution is -2.50. The average molecular weight is 356 g/mol. The molecule has 0 radical (unpaired) electrons. The van der Waals surface area contributed by atoms with Crippen LogP contribution in [0.4, 0.5) is 13.2 Å². The maximum atomic E-state index is 12.7. The van der Waals surface area contributed by atoms with E-state index in [0.29, 0.717) is 26.2 Å². The van der Waals surface area contributed by atoms with Gasteiger partial charge in [-0.3, -0.25) is 9.69 Å². The van der Waals surface area contributed by atoms with E-state index in [1.54, 1.807) is 6.92 Å². The van der Waals surface area contributed by atoms with E-state index in [9.17, 15) is 23.1 Å². The molecular formula is C18H23F3N2O2. The predicted octanol–water partition coefficient (Wildman–Crippen LogP) is 2.37. The van der Waals surface area contributed by atoms with Crippen molar-refractivity contribution in [2.24, 2.45) is 11.3 Å². The van der Waals surface area contributed by atoms with Gasteiger partial charge in [-0.15, -0.1) is 0 Å². The van der Waals surface area contributed by atoms with Gasteiger partial charge in [0.1, 0.15) is 0 Å². The molecule has 2 aliphatic heterocycles. The Labute approximate surface area is 145 Å². The lowest BCUT2D eigenvalue weighted by molar-refractivity contribution is -0.137. The zero-order chi connectivity index (χ0) is 18.2. The number of hydrogen-bond acceptors (Lipinski definition) is 3. The first-order valence-corrected chi connectivity index (χ1v) is 8.48. The Morgan fingerprint density at radius 3 is 2.52 bits per heavy atom. The van der Waals surface area contributed by atoms with Crippen LogP contribution < -0.4 is 0 Å². The van der Waals surface area contributed by atoms with Gasteiger partial charge < -0.3 is 10.0 Å². The van der Waals surface area contributed by atoms with Gasteiger partial charge in [0.2, 0.25) is 5.91 Å². The van der Waals surface area contributed by atoms with Gasteiger partial charge in [-0.25, -0.2) is 0 Å². The van der Waals surface area contributed by atoms with Crippen molar-refractivity contribution in [2.45, 2.75) is 26.1 Å². The molecule has 0 spiro atoms. The van der Waals surface area contributed by atoms with Crippen LogP contribution in [-0.4, -0.2) is 53.6 Å². The summed E-state index contributed by atoms with van der Waals surface area (Å²) in [7, 11) is 0. The first-order chi connectivity index (χ1) is 11.7. The number of piperidine rings is 1. The molecule has 2 heterocycles. The van der Waals surface area contributed by atoms with Crippen molar-refractivity contribution in [2.75, 3.05) is 32.8 Å². The molecular weight excluding hydrogens is 333 g/mol. The number of rotatable bonds is 3. The molecule has 2 atom stereocenters. The fourth-order valence-corrected chi connectivity index (χ4v) is 4.12. The highest BCUT2D eigenvalue weighted by Crippen LogP contribution is 2.43. The van der Waals surface area contributed by atoms with Crippen LogP contribution >= 0.6 is 0 Å². The molecule has 1 amide bonds. The summed E-state index contributed by atoms with van der Waals surface area (Å²) in [5.74, 6) is 0.248. The highest BCUT2D eigenvalue weighted by atomic mass is 19.4. The van der Waals surface area contributed by atoms with Gasteiger partial charge in [-0.1, -0.05) is 12.1 Å². The number of benzene rings is 1. The predicted molar refractivity (Wildman–Crippen MR) is 86.6 cm³/mol. The monoisotopic (exact) mass is 356 g/mol. The molecule has 1 N–H and O–H groups in total. The van der Waals surface area contributed by atoms with Crippen LogP contribution in [0.1, 0.15) is 24.5 Å². The lowest BCUT2D eigenvalue weighted by atomic mass is 9.73. The highest BCUT2D eigenvalue weighted by Gasteiger charge is 2.49. The standard InChI is InChI=1S/C18H23F3N2O2/c1-13(25)23-7-6-17(12-24)11-22(9-16(17)10-23)8-14-2-4-15(5-3-14)18(19,20)21/h2-5,16,24H,6-12H2,1H3/t16-,17-/m0/s1. The maximum Gasteiger partial charge on any atom is 0.416 e. The zero-order valence-corrected chi connectivity index (χ0v) is 14.2. The molecule has 1 aromatic rings. The molecule has 7 heteroatoms. The van der Waals surface area contributed by atoms with E-state index < -0.39 is 11.7 Å². The van der Waals surface area contributed by atoms with Crippen LogP contribution in [0.5, 0.6) is 0 Å². The van der Waals surface area contributed by atoms with Crippen molar-refractivity contribution < 1.29 is 23.1 Å². The second kappa shape index (κ2) is 6.61. The Bertz CT molecular complexity index is 632. The third-order valence-electron chi connectivity index (χ3n) is 5.65. The van der Waals surface area contributed by atoms with Crippen molar-refractivity contribution in [3.63, 3.8) is 0 Å². The zero-order valence-electron chi connectivity index (χ0n) is 14.2. The normalized spacial score (nSPS) is 27.4. The van der Waals surface area contributed by atoms with E-state index in [0.717, 1.165) is 30.7 Å². The van der Waals surface area contributed by atoms with Gasteiger partial charge in [0.15, 0.2) is 0 Å². The Balaban J connectivity index is 1.68. The molecule has 3 rings (SSSR count). The number of halogens is 3. The Kier molecular flexibility index (Phi) is 4.81. The van der Waals surface area contributed by atoms with E-state index in [1.165, 1.54) is 12.1 Å². The summed E-state index contributed by atoms with van der Waals surface area (Å²) in [5, 5.41) is 9.93. The summed E-state index contributed by atoms with van der Waals surface area (Å²) >= 11 is 0. The molecule has 0 bridgehead atoms. The molecule has 2 saturated heterocycles. The molecule has 0 aromatic heterocycles. The summed E-state index contributed by atoms with van der Waals surface area (Å²) in [4.78, 5) is 15.6. The summed E-state index contributed by atoms with van der Waals surface area (Å²) in [6, 6.07) is 5.24. The fraction of sp³-hybridized carbons (Fsp3) is 0.611. The number of nitrogens with zero attached hydrogens (tertiary/aromatic N) is 2. The summed E-state index contributed by atoms with van der Waals surface area (Å²) < 4.78 is 38.0. The van der Waals surface area contributed by atoms with Crippen molar-refractivity contribution >= 4 is 5.91 Å². The third-order valence-corrected chi connectivity index (χ3v) is 5.65. The number of aliphatic hydroxyl groups is 1.